The van der Waals surface area contributed by atoms with Crippen molar-refractivity contribution in [2.75, 3.05) is 0 Å². The van der Waals surface area contributed by atoms with Gasteiger partial charge in [-0.25, -0.2) is 0 Å². The van der Waals surface area contributed by atoms with Gasteiger partial charge in [0, 0.05) is 5.69 Å². The molecule has 1 saturated heterocycles. The first-order valence-corrected chi connectivity index (χ1v) is 7.27. The molecule has 0 bridgehead atoms. The highest BCUT2D eigenvalue weighted by Gasteiger charge is 2.52. The molecule has 1 aromatic heterocycles. The quantitative estimate of drug-likeness (QED) is 0.738. The van der Waals surface area contributed by atoms with Gasteiger partial charge in [-0.1, -0.05) is 20.8 Å². The van der Waals surface area contributed by atoms with Crippen LogP contribution in [0.25, 0.3) is 0 Å². The summed E-state index contributed by atoms with van der Waals surface area (Å²) in [4.78, 5) is 4.61. The summed E-state index contributed by atoms with van der Waals surface area (Å²) in [7, 11) is -0.388. The second-order valence-corrected chi connectivity index (χ2v) is 7.76. The van der Waals surface area contributed by atoms with Crippen LogP contribution in [0.1, 0.15) is 59.7 Å². The van der Waals surface area contributed by atoms with Gasteiger partial charge in [0.2, 0.25) is 0 Å². The van der Waals surface area contributed by atoms with Gasteiger partial charge < -0.3 is 9.31 Å². The molecular formula is C16H26BNO2. The third-order valence-electron chi connectivity index (χ3n) is 4.33. The molecule has 110 valence electrons. The van der Waals surface area contributed by atoms with Crippen molar-refractivity contribution in [3.63, 3.8) is 0 Å². The van der Waals surface area contributed by atoms with Gasteiger partial charge in [0.1, 0.15) is 0 Å². The standard InChI is InChI=1S/C16H26BNO2/c1-11-9-12(14(2,3)4)10-13(18-11)17-19-15(5,6)16(7,8)20-17/h9-10H,1-8H3. The maximum absolute atomic E-state index is 6.09. The summed E-state index contributed by atoms with van der Waals surface area (Å²) in [6.45, 7) is 16.9. The zero-order valence-corrected chi connectivity index (χ0v) is 14.0. The molecule has 2 heterocycles. The van der Waals surface area contributed by atoms with Gasteiger partial charge in [-0.05, 0) is 57.7 Å². The highest BCUT2D eigenvalue weighted by atomic mass is 16.7. The Bertz CT molecular complexity index is 502. The topological polar surface area (TPSA) is 31.4 Å². The molecule has 20 heavy (non-hydrogen) atoms. The Labute approximate surface area is 123 Å². The summed E-state index contributed by atoms with van der Waals surface area (Å²) in [6.07, 6.45) is 0. The van der Waals surface area contributed by atoms with Crippen molar-refractivity contribution in [1.29, 1.82) is 0 Å². The summed E-state index contributed by atoms with van der Waals surface area (Å²) in [5.74, 6) is 0. The van der Waals surface area contributed by atoms with E-state index in [2.05, 4.69) is 65.6 Å². The van der Waals surface area contributed by atoms with Crippen LogP contribution >= 0.6 is 0 Å². The molecule has 1 fully saturated rings. The van der Waals surface area contributed by atoms with Gasteiger partial charge in [-0.3, -0.25) is 4.98 Å². The number of hydrogen-bond acceptors (Lipinski definition) is 3. The van der Waals surface area contributed by atoms with E-state index in [4.69, 9.17) is 9.31 Å². The van der Waals surface area contributed by atoms with Crippen LogP contribution < -0.4 is 5.59 Å². The molecule has 3 nitrogen and oxygen atoms in total. The molecule has 0 N–H and O–H groups in total. The van der Waals surface area contributed by atoms with Gasteiger partial charge >= 0.3 is 7.12 Å². The zero-order valence-electron chi connectivity index (χ0n) is 14.0. The first-order valence-electron chi connectivity index (χ1n) is 7.27. The summed E-state index contributed by atoms with van der Waals surface area (Å²) in [5, 5.41) is 0. The molecule has 0 aliphatic carbocycles. The van der Waals surface area contributed by atoms with Crippen LogP contribution in [0.4, 0.5) is 0 Å². The van der Waals surface area contributed by atoms with Gasteiger partial charge in [0.05, 0.1) is 16.8 Å². The molecule has 0 radical (unpaired) electrons. The maximum Gasteiger partial charge on any atom is 0.514 e. The fraction of sp³-hybridized carbons (Fsp3) is 0.688. The van der Waals surface area contributed by atoms with Crippen LogP contribution in [0.5, 0.6) is 0 Å². The predicted molar refractivity (Wildman–Crippen MR) is 83.4 cm³/mol. The molecule has 0 unspecified atom stereocenters. The zero-order chi connectivity index (χ0) is 15.3. The number of aromatic nitrogens is 1. The van der Waals surface area contributed by atoms with Crippen molar-refractivity contribution in [2.24, 2.45) is 0 Å². The molecule has 0 aromatic carbocycles. The molecular weight excluding hydrogens is 249 g/mol. The first kappa shape index (κ1) is 15.5. The molecule has 2 rings (SSSR count). The summed E-state index contributed by atoms with van der Waals surface area (Å²) in [5.41, 5.74) is 2.56. The Morgan fingerprint density at radius 2 is 1.50 bits per heavy atom. The molecule has 1 aliphatic rings. The van der Waals surface area contributed by atoms with Crippen molar-refractivity contribution >= 4 is 12.7 Å². The number of pyridine rings is 1. The molecule has 4 heteroatoms. The van der Waals surface area contributed by atoms with Crippen LogP contribution in [0.3, 0.4) is 0 Å². The summed E-state index contributed by atoms with van der Waals surface area (Å²) >= 11 is 0. The van der Waals surface area contributed by atoms with E-state index in [1.54, 1.807) is 0 Å². The minimum Gasteiger partial charge on any atom is -0.398 e. The van der Waals surface area contributed by atoms with Gasteiger partial charge in [0.15, 0.2) is 0 Å². The second-order valence-electron chi connectivity index (χ2n) is 7.76. The Kier molecular flexibility index (Phi) is 3.55. The van der Waals surface area contributed by atoms with E-state index >= 15 is 0 Å². The van der Waals surface area contributed by atoms with Crippen LogP contribution in [0.15, 0.2) is 12.1 Å². The Morgan fingerprint density at radius 3 is 1.95 bits per heavy atom. The average Bonchev–Trinajstić information content (AvgIpc) is 2.46. The van der Waals surface area contributed by atoms with E-state index in [1.165, 1.54) is 5.56 Å². The van der Waals surface area contributed by atoms with Crippen LogP contribution in [-0.4, -0.2) is 23.3 Å². The predicted octanol–water partition coefficient (Wildman–Crippen LogP) is 2.99. The van der Waals surface area contributed by atoms with E-state index in [0.717, 1.165) is 11.3 Å². The third-order valence-corrected chi connectivity index (χ3v) is 4.33. The molecule has 1 aromatic rings. The smallest absolute Gasteiger partial charge is 0.398 e. The number of aryl methyl sites for hydroxylation is 1. The number of nitrogens with zero attached hydrogens (tertiary/aromatic N) is 1. The van der Waals surface area contributed by atoms with Crippen molar-refractivity contribution in [3.8, 4) is 0 Å². The van der Waals surface area contributed by atoms with E-state index in [9.17, 15) is 0 Å². The van der Waals surface area contributed by atoms with Crippen molar-refractivity contribution in [3.05, 3.63) is 23.4 Å². The minimum atomic E-state index is -0.388. The number of rotatable bonds is 1. The lowest BCUT2D eigenvalue weighted by molar-refractivity contribution is 0.00578. The Balaban J connectivity index is 2.38. The SMILES string of the molecule is Cc1cc(C(C)(C)C)cc(B2OC(C)(C)C(C)(C)O2)n1. The van der Waals surface area contributed by atoms with E-state index in [1.807, 2.05) is 6.92 Å². The largest absolute Gasteiger partial charge is 0.514 e. The van der Waals surface area contributed by atoms with E-state index in [-0.39, 0.29) is 23.7 Å². The summed E-state index contributed by atoms with van der Waals surface area (Å²) < 4.78 is 12.2. The molecule has 0 amide bonds. The maximum atomic E-state index is 6.09. The highest BCUT2D eigenvalue weighted by molar-refractivity contribution is 6.61. The van der Waals surface area contributed by atoms with Crippen LogP contribution in [0, 0.1) is 6.92 Å². The fourth-order valence-corrected chi connectivity index (χ4v) is 2.21. The fourth-order valence-electron chi connectivity index (χ4n) is 2.21. The monoisotopic (exact) mass is 275 g/mol. The van der Waals surface area contributed by atoms with Gasteiger partial charge in [-0.2, -0.15) is 0 Å². The first-order chi connectivity index (χ1) is 8.92. The number of hydrogen-bond donors (Lipinski definition) is 0. The lowest BCUT2D eigenvalue weighted by atomic mass is 9.79. The lowest BCUT2D eigenvalue weighted by Crippen LogP contribution is -2.41. The average molecular weight is 275 g/mol. The normalized spacial score (nSPS) is 21.3. The van der Waals surface area contributed by atoms with Crippen LogP contribution in [-0.2, 0) is 14.7 Å². The van der Waals surface area contributed by atoms with Crippen molar-refractivity contribution in [2.45, 2.75) is 72.0 Å². The van der Waals surface area contributed by atoms with E-state index < -0.39 is 0 Å². The van der Waals surface area contributed by atoms with Gasteiger partial charge in [-0.15, -0.1) is 0 Å². The van der Waals surface area contributed by atoms with E-state index in [0.29, 0.717) is 0 Å². The minimum absolute atomic E-state index is 0.0894. The Morgan fingerprint density at radius 1 is 1.00 bits per heavy atom. The summed E-state index contributed by atoms with van der Waals surface area (Å²) in [6, 6.07) is 4.24. The van der Waals surface area contributed by atoms with Gasteiger partial charge in [0.25, 0.3) is 0 Å². The van der Waals surface area contributed by atoms with Crippen molar-refractivity contribution < 1.29 is 9.31 Å². The van der Waals surface area contributed by atoms with Crippen LogP contribution in [0.2, 0.25) is 0 Å². The molecule has 0 atom stereocenters. The molecule has 0 saturated carbocycles. The molecule has 0 spiro atoms. The molecule has 1 aliphatic heterocycles. The Hall–Kier alpha value is -0.865. The lowest BCUT2D eigenvalue weighted by Gasteiger charge is -2.32. The third kappa shape index (κ3) is 2.77. The van der Waals surface area contributed by atoms with Crippen molar-refractivity contribution in [1.82, 2.24) is 4.98 Å². The second kappa shape index (κ2) is 4.57. The highest BCUT2D eigenvalue weighted by Crippen LogP contribution is 2.36.